The van der Waals surface area contributed by atoms with Crippen LogP contribution in [0.2, 0.25) is 0 Å². The molecule has 0 spiro atoms. The number of rotatable bonds is 5. The highest BCUT2D eigenvalue weighted by atomic mass is 16.5. The van der Waals surface area contributed by atoms with E-state index in [4.69, 9.17) is 4.74 Å². The Morgan fingerprint density at radius 3 is 2.35 bits per heavy atom. The summed E-state index contributed by atoms with van der Waals surface area (Å²) in [7, 11) is 2.16. The molecular weight excluding hydrogens is 292 g/mol. The van der Waals surface area contributed by atoms with Crippen LogP contribution in [-0.2, 0) is 9.53 Å². The van der Waals surface area contributed by atoms with Crippen molar-refractivity contribution in [1.82, 2.24) is 0 Å². The van der Waals surface area contributed by atoms with E-state index in [9.17, 15) is 9.59 Å². The zero-order valence-corrected chi connectivity index (χ0v) is 14.3. The van der Waals surface area contributed by atoms with Gasteiger partial charge in [-0.15, -0.1) is 0 Å². The molecule has 0 saturated carbocycles. The Labute approximate surface area is 138 Å². The van der Waals surface area contributed by atoms with Crippen LogP contribution in [0.15, 0.2) is 24.3 Å². The van der Waals surface area contributed by atoms with Gasteiger partial charge in [0.1, 0.15) is 0 Å². The number of quaternary nitrogens is 1. The van der Waals surface area contributed by atoms with Gasteiger partial charge in [-0.05, 0) is 57.4 Å². The number of amides is 1. The Morgan fingerprint density at radius 1 is 1.17 bits per heavy atom. The second kappa shape index (κ2) is 7.59. The van der Waals surface area contributed by atoms with Crippen molar-refractivity contribution in [2.45, 2.75) is 39.2 Å². The molecular formula is C18H27N2O3+. The monoisotopic (exact) mass is 319 g/mol. The quantitative estimate of drug-likeness (QED) is 0.671. The van der Waals surface area contributed by atoms with Crippen molar-refractivity contribution in [2.75, 3.05) is 32.1 Å². The van der Waals surface area contributed by atoms with Crippen molar-refractivity contribution in [3.8, 4) is 0 Å². The number of hydrogen-bond acceptors (Lipinski definition) is 3. The van der Waals surface area contributed by atoms with Gasteiger partial charge in [-0.25, -0.2) is 4.79 Å². The first-order chi connectivity index (χ1) is 11.0. The van der Waals surface area contributed by atoms with E-state index in [0.29, 0.717) is 17.9 Å². The minimum absolute atomic E-state index is 0.0262. The van der Waals surface area contributed by atoms with Crippen molar-refractivity contribution in [1.29, 1.82) is 0 Å². The molecule has 1 unspecified atom stereocenters. The van der Waals surface area contributed by atoms with Crippen LogP contribution in [-0.4, -0.2) is 49.1 Å². The average Bonchev–Trinajstić information content (AvgIpc) is 2.55. The number of likely N-dealkylation sites (N-methyl/N-ethyl adjacent to an activating group) is 1. The summed E-state index contributed by atoms with van der Waals surface area (Å²) in [6, 6.07) is 6.76. The highest BCUT2D eigenvalue weighted by Crippen LogP contribution is 2.21. The Balaban J connectivity index is 1.98. The van der Waals surface area contributed by atoms with Crippen LogP contribution in [0.25, 0.3) is 0 Å². The molecule has 1 aliphatic rings. The number of hydrogen-bond donors (Lipinski definition) is 1. The Hall–Kier alpha value is -1.88. The minimum atomic E-state index is -0.342. The van der Waals surface area contributed by atoms with Gasteiger partial charge < -0.3 is 14.5 Å². The number of esters is 1. The number of anilines is 1. The summed E-state index contributed by atoms with van der Waals surface area (Å²) in [6.45, 7) is 6.23. The Bertz CT molecular complexity index is 548. The molecule has 1 aromatic carbocycles. The van der Waals surface area contributed by atoms with E-state index in [1.165, 1.54) is 19.3 Å². The van der Waals surface area contributed by atoms with Crippen LogP contribution >= 0.6 is 0 Å². The third kappa shape index (κ3) is 4.32. The molecule has 1 amide bonds. The summed E-state index contributed by atoms with van der Waals surface area (Å²) in [6.07, 6.45) is 3.63. The lowest BCUT2D eigenvalue weighted by molar-refractivity contribution is -0.926. The van der Waals surface area contributed by atoms with Gasteiger partial charge in [-0.1, -0.05) is 0 Å². The minimum Gasteiger partial charge on any atom is -0.462 e. The number of nitrogens with one attached hydrogen (secondary N) is 1. The number of carbonyl (C=O) groups excluding carboxylic acids is 2. The van der Waals surface area contributed by atoms with Crippen molar-refractivity contribution in [2.24, 2.45) is 0 Å². The van der Waals surface area contributed by atoms with Crippen LogP contribution in [0.5, 0.6) is 0 Å². The van der Waals surface area contributed by atoms with E-state index in [1.54, 1.807) is 31.2 Å². The summed E-state index contributed by atoms with van der Waals surface area (Å²) in [5, 5.41) is 2.96. The van der Waals surface area contributed by atoms with E-state index >= 15 is 0 Å². The second-order valence-corrected chi connectivity index (χ2v) is 6.45. The van der Waals surface area contributed by atoms with Gasteiger partial charge in [0.15, 0.2) is 6.04 Å². The topological polar surface area (TPSA) is 55.4 Å². The lowest BCUT2D eigenvalue weighted by atomic mass is 10.0. The number of piperidine rings is 1. The van der Waals surface area contributed by atoms with Gasteiger partial charge in [0.2, 0.25) is 0 Å². The van der Waals surface area contributed by atoms with Crippen molar-refractivity contribution in [3.05, 3.63) is 29.8 Å². The van der Waals surface area contributed by atoms with Crippen LogP contribution in [0.4, 0.5) is 5.69 Å². The molecule has 0 bridgehead atoms. The Morgan fingerprint density at radius 2 is 1.78 bits per heavy atom. The number of likely N-dealkylation sites (tertiary alicyclic amines) is 1. The molecule has 1 fully saturated rings. The SMILES string of the molecule is CCOC(=O)c1ccc(NC(=O)C(C)[N+]2(C)CCCCC2)cc1. The highest BCUT2D eigenvalue weighted by Gasteiger charge is 2.35. The van der Waals surface area contributed by atoms with Crippen LogP contribution in [0.3, 0.4) is 0 Å². The van der Waals surface area contributed by atoms with E-state index in [2.05, 4.69) is 12.4 Å². The standard InChI is InChI=1S/C18H26N2O3/c1-4-23-18(22)15-8-10-16(11-9-15)19-17(21)14(2)20(3)12-6-5-7-13-20/h8-11,14H,4-7,12-13H2,1-3H3/p+1. The predicted octanol–water partition coefficient (Wildman–Crippen LogP) is 2.82. The van der Waals surface area contributed by atoms with Gasteiger partial charge >= 0.3 is 5.97 Å². The summed E-state index contributed by atoms with van der Waals surface area (Å²) >= 11 is 0. The summed E-state index contributed by atoms with van der Waals surface area (Å²) in [4.78, 5) is 24.1. The molecule has 1 atom stereocenters. The summed E-state index contributed by atoms with van der Waals surface area (Å²) in [5.41, 5.74) is 1.20. The number of ether oxygens (including phenoxy) is 1. The molecule has 126 valence electrons. The van der Waals surface area contributed by atoms with Gasteiger partial charge in [0.05, 0.1) is 32.3 Å². The van der Waals surface area contributed by atoms with E-state index in [1.807, 2.05) is 6.92 Å². The molecule has 23 heavy (non-hydrogen) atoms. The van der Waals surface area contributed by atoms with Crippen LogP contribution in [0, 0.1) is 0 Å². The fourth-order valence-corrected chi connectivity index (χ4v) is 3.06. The van der Waals surface area contributed by atoms with Gasteiger partial charge in [-0.3, -0.25) is 4.79 Å². The normalized spacial score (nSPS) is 18.0. The summed E-state index contributed by atoms with van der Waals surface area (Å²) < 4.78 is 5.75. The molecule has 1 aliphatic heterocycles. The number of nitrogens with zero attached hydrogens (tertiary/aromatic N) is 1. The lowest BCUT2D eigenvalue weighted by Crippen LogP contribution is -2.58. The molecule has 0 aliphatic carbocycles. The first kappa shape index (κ1) is 17.5. The van der Waals surface area contributed by atoms with E-state index in [-0.39, 0.29) is 17.9 Å². The number of benzene rings is 1. The van der Waals surface area contributed by atoms with E-state index < -0.39 is 0 Å². The molecule has 1 heterocycles. The average molecular weight is 319 g/mol. The van der Waals surface area contributed by atoms with Crippen molar-refractivity contribution < 1.29 is 18.8 Å². The third-order valence-corrected chi connectivity index (χ3v) is 4.82. The Kier molecular flexibility index (Phi) is 5.77. The smallest absolute Gasteiger partial charge is 0.338 e. The zero-order valence-electron chi connectivity index (χ0n) is 14.3. The first-order valence-corrected chi connectivity index (χ1v) is 8.38. The van der Waals surface area contributed by atoms with E-state index in [0.717, 1.165) is 17.6 Å². The summed E-state index contributed by atoms with van der Waals surface area (Å²) in [5.74, 6) is -0.316. The molecule has 2 rings (SSSR count). The third-order valence-electron chi connectivity index (χ3n) is 4.82. The molecule has 0 radical (unpaired) electrons. The van der Waals surface area contributed by atoms with Crippen molar-refractivity contribution >= 4 is 17.6 Å². The van der Waals surface area contributed by atoms with Gasteiger partial charge in [0, 0.05) is 5.69 Å². The maximum atomic E-state index is 12.5. The zero-order chi connectivity index (χ0) is 16.9. The molecule has 5 nitrogen and oxygen atoms in total. The second-order valence-electron chi connectivity index (χ2n) is 6.45. The van der Waals surface area contributed by atoms with Gasteiger partial charge in [0.25, 0.3) is 5.91 Å². The van der Waals surface area contributed by atoms with Crippen LogP contribution in [0.1, 0.15) is 43.5 Å². The highest BCUT2D eigenvalue weighted by molar-refractivity contribution is 5.95. The fraction of sp³-hybridized carbons (Fsp3) is 0.556. The maximum Gasteiger partial charge on any atom is 0.338 e. The van der Waals surface area contributed by atoms with Crippen LogP contribution < -0.4 is 5.32 Å². The molecule has 1 aromatic rings. The predicted molar refractivity (Wildman–Crippen MR) is 90.3 cm³/mol. The molecule has 1 saturated heterocycles. The number of carbonyl (C=O) groups is 2. The molecule has 0 aromatic heterocycles. The molecule has 1 N–H and O–H groups in total. The maximum absolute atomic E-state index is 12.5. The lowest BCUT2D eigenvalue weighted by Gasteiger charge is -2.41. The fourth-order valence-electron chi connectivity index (χ4n) is 3.06. The first-order valence-electron chi connectivity index (χ1n) is 8.38. The molecule has 5 heteroatoms. The van der Waals surface area contributed by atoms with Crippen molar-refractivity contribution in [3.63, 3.8) is 0 Å². The largest absolute Gasteiger partial charge is 0.462 e. The van der Waals surface area contributed by atoms with Gasteiger partial charge in [-0.2, -0.15) is 0 Å².